The number of nitrogens with zero attached hydrogens (tertiary/aromatic N) is 8. The van der Waals surface area contributed by atoms with Crippen LogP contribution in [-0.2, 0) is 20.1 Å². The van der Waals surface area contributed by atoms with Crippen molar-refractivity contribution in [2.75, 3.05) is 19.6 Å². The zero-order valence-corrected chi connectivity index (χ0v) is 17.1. The van der Waals surface area contributed by atoms with Crippen LogP contribution in [-0.4, -0.2) is 58.4 Å². The molecule has 1 aliphatic rings. The van der Waals surface area contributed by atoms with E-state index in [0.717, 1.165) is 68.9 Å². The van der Waals surface area contributed by atoms with Gasteiger partial charge in [-0.25, -0.2) is 9.97 Å². The minimum Gasteiger partial charge on any atom is -0.335 e. The second-order valence-electron chi connectivity index (χ2n) is 7.77. The van der Waals surface area contributed by atoms with Crippen molar-refractivity contribution >= 4 is 0 Å². The van der Waals surface area contributed by atoms with Gasteiger partial charge in [0.15, 0.2) is 5.82 Å². The first kappa shape index (κ1) is 18.9. The van der Waals surface area contributed by atoms with Crippen LogP contribution in [0.1, 0.15) is 48.5 Å². The summed E-state index contributed by atoms with van der Waals surface area (Å²) in [5.41, 5.74) is 0. The van der Waals surface area contributed by atoms with Crippen LogP contribution < -0.4 is 0 Å². The summed E-state index contributed by atoms with van der Waals surface area (Å²) in [4.78, 5) is 11.2. The van der Waals surface area contributed by atoms with Crippen LogP contribution in [0.25, 0.3) is 0 Å². The Labute approximate surface area is 166 Å². The third-order valence-corrected chi connectivity index (χ3v) is 5.98. The monoisotopic (exact) mass is 382 g/mol. The molecule has 0 aliphatic carbocycles. The minimum atomic E-state index is 0.502. The van der Waals surface area contributed by atoms with E-state index >= 15 is 0 Å². The van der Waals surface area contributed by atoms with E-state index < -0.39 is 0 Å². The lowest BCUT2D eigenvalue weighted by Crippen LogP contribution is -2.34. The van der Waals surface area contributed by atoms with E-state index in [1.165, 1.54) is 6.42 Å². The van der Waals surface area contributed by atoms with Crippen LogP contribution in [0.15, 0.2) is 24.8 Å². The smallest absolute Gasteiger partial charge is 0.152 e. The van der Waals surface area contributed by atoms with Gasteiger partial charge in [0.25, 0.3) is 0 Å². The zero-order valence-electron chi connectivity index (χ0n) is 17.1. The van der Waals surface area contributed by atoms with Crippen LogP contribution in [0, 0.1) is 13.8 Å². The maximum atomic E-state index is 4.53. The third-order valence-electron chi connectivity index (χ3n) is 5.98. The number of piperidine rings is 1. The lowest BCUT2D eigenvalue weighted by Gasteiger charge is -2.31. The molecule has 4 heterocycles. The Morgan fingerprint density at radius 3 is 2.25 bits per heavy atom. The number of aromatic nitrogens is 7. The fraction of sp³-hybridized carbons (Fsp3) is 0.600. The Hall–Kier alpha value is -2.48. The standard InChI is InChI=1S/C20H30N8/c1-16-21-7-13-27(16)10-4-9-26-11-5-18(6-12-26)20-24-23-19(25(20)3)15-28-14-8-22-17(28)2/h7-8,13-14,18H,4-6,9-12,15H2,1-3H3. The molecule has 8 nitrogen and oxygen atoms in total. The first-order chi connectivity index (χ1) is 13.6. The van der Waals surface area contributed by atoms with E-state index in [1.807, 2.05) is 25.5 Å². The van der Waals surface area contributed by atoms with E-state index in [1.54, 1.807) is 0 Å². The highest BCUT2D eigenvalue weighted by Gasteiger charge is 2.25. The van der Waals surface area contributed by atoms with Crippen molar-refractivity contribution in [3.05, 3.63) is 48.1 Å². The fourth-order valence-electron chi connectivity index (χ4n) is 4.11. The number of hydrogen-bond donors (Lipinski definition) is 0. The summed E-state index contributed by atoms with van der Waals surface area (Å²) in [7, 11) is 2.09. The SMILES string of the molecule is Cc1nccn1CCCN1CCC(c2nnc(Cn3ccnc3C)n2C)CC1. The molecule has 0 spiro atoms. The molecular formula is C20H30N8. The molecule has 0 bridgehead atoms. The molecule has 0 N–H and O–H groups in total. The summed E-state index contributed by atoms with van der Waals surface area (Å²) in [6.45, 7) is 9.27. The van der Waals surface area contributed by atoms with Gasteiger partial charge in [-0.3, -0.25) is 0 Å². The molecule has 0 unspecified atom stereocenters. The molecular weight excluding hydrogens is 352 g/mol. The van der Waals surface area contributed by atoms with Gasteiger partial charge in [-0.1, -0.05) is 0 Å². The van der Waals surface area contributed by atoms with E-state index in [9.17, 15) is 0 Å². The average molecular weight is 383 g/mol. The molecule has 0 atom stereocenters. The molecule has 0 saturated carbocycles. The van der Waals surface area contributed by atoms with Crippen LogP contribution in [0.4, 0.5) is 0 Å². The fourth-order valence-corrected chi connectivity index (χ4v) is 4.11. The largest absolute Gasteiger partial charge is 0.335 e. The highest BCUT2D eigenvalue weighted by Crippen LogP contribution is 2.27. The minimum absolute atomic E-state index is 0.502. The summed E-state index contributed by atoms with van der Waals surface area (Å²) in [5.74, 6) is 4.73. The van der Waals surface area contributed by atoms with Crippen molar-refractivity contribution in [2.45, 2.75) is 52.1 Å². The number of rotatable bonds is 7. The first-order valence-electron chi connectivity index (χ1n) is 10.2. The van der Waals surface area contributed by atoms with E-state index in [-0.39, 0.29) is 0 Å². The topological polar surface area (TPSA) is 69.6 Å². The molecule has 28 heavy (non-hydrogen) atoms. The molecule has 1 saturated heterocycles. The lowest BCUT2D eigenvalue weighted by atomic mass is 9.96. The summed E-state index contributed by atoms with van der Waals surface area (Å²) in [6.07, 6.45) is 11.2. The molecule has 3 aromatic heterocycles. The Morgan fingerprint density at radius 2 is 1.61 bits per heavy atom. The number of aryl methyl sites for hydroxylation is 3. The molecule has 3 aromatic rings. The summed E-state index contributed by atoms with van der Waals surface area (Å²) >= 11 is 0. The number of likely N-dealkylation sites (tertiary alicyclic amines) is 1. The molecule has 8 heteroatoms. The maximum Gasteiger partial charge on any atom is 0.152 e. The van der Waals surface area contributed by atoms with Gasteiger partial charge in [0.2, 0.25) is 0 Å². The quantitative estimate of drug-likeness (QED) is 0.626. The number of hydrogen-bond acceptors (Lipinski definition) is 5. The van der Waals surface area contributed by atoms with Crippen LogP contribution in [0.5, 0.6) is 0 Å². The normalized spacial score (nSPS) is 16.1. The van der Waals surface area contributed by atoms with Gasteiger partial charge in [0, 0.05) is 44.3 Å². The molecule has 0 radical (unpaired) electrons. The van der Waals surface area contributed by atoms with E-state index in [4.69, 9.17) is 0 Å². The van der Waals surface area contributed by atoms with Crippen molar-refractivity contribution in [3.8, 4) is 0 Å². The molecule has 4 rings (SSSR count). The second kappa shape index (κ2) is 8.26. The zero-order chi connectivity index (χ0) is 19.5. The van der Waals surface area contributed by atoms with Crippen molar-refractivity contribution in [3.63, 3.8) is 0 Å². The van der Waals surface area contributed by atoms with E-state index in [2.05, 4.69) is 58.9 Å². The predicted molar refractivity (Wildman–Crippen MR) is 107 cm³/mol. The molecule has 1 aliphatic heterocycles. The first-order valence-corrected chi connectivity index (χ1v) is 10.2. The predicted octanol–water partition coefficient (Wildman–Crippen LogP) is 2.14. The van der Waals surface area contributed by atoms with Crippen LogP contribution >= 0.6 is 0 Å². The van der Waals surface area contributed by atoms with Crippen molar-refractivity contribution in [1.29, 1.82) is 0 Å². The van der Waals surface area contributed by atoms with Crippen LogP contribution in [0.2, 0.25) is 0 Å². The maximum absolute atomic E-state index is 4.53. The summed E-state index contributed by atoms with van der Waals surface area (Å²) in [6, 6.07) is 0. The van der Waals surface area contributed by atoms with Gasteiger partial charge in [-0.2, -0.15) is 0 Å². The lowest BCUT2D eigenvalue weighted by molar-refractivity contribution is 0.203. The van der Waals surface area contributed by atoms with Gasteiger partial charge in [0.05, 0.1) is 6.54 Å². The third kappa shape index (κ3) is 4.01. The molecule has 0 amide bonds. The Bertz CT molecular complexity index is 897. The van der Waals surface area contributed by atoms with Crippen molar-refractivity contribution in [2.24, 2.45) is 7.05 Å². The molecule has 0 aromatic carbocycles. The van der Waals surface area contributed by atoms with E-state index in [0.29, 0.717) is 5.92 Å². The summed E-state index contributed by atoms with van der Waals surface area (Å²) < 4.78 is 6.52. The average Bonchev–Trinajstić information content (AvgIpc) is 3.39. The van der Waals surface area contributed by atoms with Crippen molar-refractivity contribution < 1.29 is 0 Å². The Balaban J connectivity index is 1.28. The van der Waals surface area contributed by atoms with Gasteiger partial charge in [-0.15, -0.1) is 10.2 Å². The molecule has 150 valence electrons. The highest BCUT2D eigenvalue weighted by atomic mass is 15.3. The number of imidazole rings is 2. The Kier molecular flexibility index (Phi) is 5.57. The van der Waals surface area contributed by atoms with Gasteiger partial charge < -0.3 is 18.6 Å². The second-order valence-corrected chi connectivity index (χ2v) is 7.77. The van der Waals surface area contributed by atoms with Crippen LogP contribution in [0.3, 0.4) is 0 Å². The Morgan fingerprint density at radius 1 is 0.929 bits per heavy atom. The highest BCUT2D eigenvalue weighted by molar-refractivity contribution is 5.05. The van der Waals surface area contributed by atoms with Crippen molar-refractivity contribution in [1.82, 2.24) is 38.8 Å². The van der Waals surface area contributed by atoms with Gasteiger partial charge in [0.1, 0.15) is 17.5 Å². The van der Waals surface area contributed by atoms with Gasteiger partial charge >= 0.3 is 0 Å². The van der Waals surface area contributed by atoms with Gasteiger partial charge in [-0.05, 0) is 52.7 Å². The summed E-state index contributed by atoms with van der Waals surface area (Å²) in [5, 5.41) is 8.98. The molecule has 1 fully saturated rings.